The van der Waals surface area contributed by atoms with Gasteiger partial charge in [0.25, 0.3) is 11.5 Å². The summed E-state index contributed by atoms with van der Waals surface area (Å²) >= 11 is 0. The molecule has 1 saturated heterocycles. The number of piperidine rings is 1. The van der Waals surface area contributed by atoms with Gasteiger partial charge in [0.15, 0.2) is 0 Å². The lowest BCUT2D eigenvalue weighted by molar-refractivity contribution is 0.0949. The molecule has 1 aliphatic heterocycles. The number of nitrogens with zero attached hydrogens (tertiary/aromatic N) is 1. The van der Waals surface area contributed by atoms with Crippen molar-refractivity contribution >= 4 is 5.91 Å². The zero-order valence-electron chi connectivity index (χ0n) is 15.5. The van der Waals surface area contributed by atoms with E-state index in [2.05, 4.69) is 34.3 Å². The van der Waals surface area contributed by atoms with Gasteiger partial charge in [0.1, 0.15) is 5.56 Å². The number of H-pyrrole nitrogens is 1. The molecule has 5 heteroatoms. The summed E-state index contributed by atoms with van der Waals surface area (Å²) in [6.45, 7) is 7.84. The van der Waals surface area contributed by atoms with Gasteiger partial charge in [0, 0.05) is 25.3 Å². The van der Waals surface area contributed by atoms with Crippen molar-refractivity contribution in [2.45, 2.75) is 39.8 Å². The molecule has 0 bridgehead atoms. The number of amides is 1. The molecular formula is C21H27N3O2. The Bertz CT molecular complexity index is 811. The number of pyridine rings is 1. The van der Waals surface area contributed by atoms with Gasteiger partial charge >= 0.3 is 0 Å². The van der Waals surface area contributed by atoms with Crippen LogP contribution in [0, 0.1) is 12.8 Å². The molecule has 2 N–H and O–H groups in total. The van der Waals surface area contributed by atoms with Crippen LogP contribution in [-0.4, -0.2) is 28.9 Å². The number of hydrogen-bond donors (Lipinski definition) is 2. The Morgan fingerprint density at radius 3 is 2.62 bits per heavy atom. The average Bonchev–Trinajstić information content (AvgIpc) is 2.61. The predicted molar refractivity (Wildman–Crippen MR) is 103 cm³/mol. The number of carbonyl (C=O) groups is 1. The van der Waals surface area contributed by atoms with Gasteiger partial charge in [0.2, 0.25) is 0 Å². The Balaban J connectivity index is 1.54. The highest BCUT2D eigenvalue weighted by atomic mass is 16.2. The van der Waals surface area contributed by atoms with E-state index in [-0.39, 0.29) is 17.0 Å². The first-order valence-electron chi connectivity index (χ1n) is 9.29. The first kappa shape index (κ1) is 18.4. The highest BCUT2D eigenvalue weighted by Gasteiger charge is 2.16. The smallest absolute Gasteiger partial charge is 0.260 e. The molecule has 1 aromatic heterocycles. The maximum atomic E-state index is 12.2. The monoisotopic (exact) mass is 353 g/mol. The first-order valence-corrected chi connectivity index (χ1v) is 9.29. The van der Waals surface area contributed by atoms with Gasteiger partial charge in [-0.2, -0.15) is 0 Å². The number of likely N-dealkylation sites (tertiary alicyclic amines) is 1. The van der Waals surface area contributed by atoms with E-state index in [9.17, 15) is 9.59 Å². The van der Waals surface area contributed by atoms with E-state index in [1.54, 1.807) is 19.1 Å². The maximum absolute atomic E-state index is 12.2. The number of rotatable bonds is 5. The molecular weight excluding hydrogens is 326 g/mol. The lowest BCUT2D eigenvalue weighted by atomic mass is 9.99. The Kier molecular flexibility index (Phi) is 5.89. The standard InChI is InChI=1S/C21H27N3O2/c1-15-4-3-11-24(13-15)14-18-8-6-17(7-9-18)12-22-20(25)19-10-5-16(2)23-21(19)26/h5-10,15H,3-4,11-14H2,1-2H3,(H,22,25)(H,23,26). The maximum Gasteiger partial charge on any atom is 0.260 e. The van der Waals surface area contributed by atoms with Crippen LogP contribution >= 0.6 is 0 Å². The van der Waals surface area contributed by atoms with Crippen LogP contribution in [0.1, 0.15) is 46.9 Å². The van der Waals surface area contributed by atoms with Crippen molar-refractivity contribution in [3.63, 3.8) is 0 Å². The van der Waals surface area contributed by atoms with Crippen LogP contribution in [0.2, 0.25) is 0 Å². The second-order valence-electron chi connectivity index (χ2n) is 7.37. The summed E-state index contributed by atoms with van der Waals surface area (Å²) in [5.41, 5.74) is 2.85. The van der Waals surface area contributed by atoms with Crippen molar-refractivity contribution in [1.29, 1.82) is 0 Å². The lowest BCUT2D eigenvalue weighted by Gasteiger charge is -2.30. The fourth-order valence-corrected chi connectivity index (χ4v) is 3.48. The van der Waals surface area contributed by atoms with Crippen LogP contribution < -0.4 is 10.9 Å². The molecule has 5 nitrogen and oxygen atoms in total. The number of aryl methyl sites for hydroxylation is 1. The predicted octanol–water partition coefficient (Wildman–Crippen LogP) is 2.85. The highest BCUT2D eigenvalue weighted by Crippen LogP contribution is 2.18. The highest BCUT2D eigenvalue weighted by molar-refractivity contribution is 5.93. The van der Waals surface area contributed by atoms with Gasteiger partial charge in [0.05, 0.1) is 0 Å². The quantitative estimate of drug-likeness (QED) is 0.869. The van der Waals surface area contributed by atoms with Crippen molar-refractivity contribution in [3.05, 3.63) is 69.1 Å². The van der Waals surface area contributed by atoms with Gasteiger partial charge in [-0.05, 0) is 55.5 Å². The topological polar surface area (TPSA) is 65.2 Å². The molecule has 1 fully saturated rings. The van der Waals surface area contributed by atoms with Crippen LogP contribution in [0.5, 0.6) is 0 Å². The number of aromatic amines is 1. The summed E-state index contributed by atoms with van der Waals surface area (Å²) in [6.07, 6.45) is 2.61. The Labute approximate surface area is 154 Å². The summed E-state index contributed by atoms with van der Waals surface area (Å²) in [5, 5.41) is 2.81. The summed E-state index contributed by atoms with van der Waals surface area (Å²) in [5.74, 6) is 0.431. The molecule has 1 atom stereocenters. The molecule has 138 valence electrons. The molecule has 2 heterocycles. The number of aromatic nitrogens is 1. The molecule has 3 rings (SSSR count). The van der Waals surface area contributed by atoms with Crippen molar-refractivity contribution in [2.75, 3.05) is 13.1 Å². The summed E-state index contributed by atoms with van der Waals surface area (Å²) < 4.78 is 0. The first-order chi connectivity index (χ1) is 12.5. The van der Waals surface area contributed by atoms with Crippen molar-refractivity contribution in [3.8, 4) is 0 Å². The number of hydrogen-bond acceptors (Lipinski definition) is 3. The molecule has 26 heavy (non-hydrogen) atoms. The van der Waals surface area contributed by atoms with E-state index in [1.165, 1.54) is 31.5 Å². The SMILES string of the molecule is Cc1ccc(C(=O)NCc2ccc(CN3CCCC(C)C3)cc2)c(=O)[nH]1. The summed E-state index contributed by atoms with van der Waals surface area (Å²) in [7, 11) is 0. The minimum Gasteiger partial charge on any atom is -0.348 e. The molecule has 2 aromatic rings. The van der Waals surface area contributed by atoms with Gasteiger partial charge in [-0.1, -0.05) is 31.2 Å². The molecule has 0 saturated carbocycles. The molecule has 0 aliphatic carbocycles. The van der Waals surface area contributed by atoms with Crippen molar-refractivity contribution in [2.24, 2.45) is 5.92 Å². The molecule has 1 aromatic carbocycles. The van der Waals surface area contributed by atoms with Gasteiger partial charge in [-0.15, -0.1) is 0 Å². The molecule has 0 radical (unpaired) electrons. The number of carbonyl (C=O) groups excluding carboxylic acids is 1. The van der Waals surface area contributed by atoms with Gasteiger partial charge in [-0.3, -0.25) is 14.5 Å². The third-order valence-corrected chi connectivity index (χ3v) is 4.92. The minimum atomic E-state index is -0.353. The Hall–Kier alpha value is -2.40. The Morgan fingerprint density at radius 2 is 1.92 bits per heavy atom. The fourth-order valence-electron chi connectivity index (χ4n) is 3.48. The molecule has 1 unspecified atom stereocenters. The normalized spacial score (nSPS) is 17.8. The van der Waals surface area contributed by atoms with E-state index in [1.807, 2.05) is 12.1 Å². The van der Waals surface area contributed by atoms with Crippen LogP contribution in [0.3, 0.4) is 0 Å². The van der Waals surface area contributed by atoms with E-state index < -0.39 is 0 Å². The fraction of sp³-hybridized carbons (Fsp3) is 0.429. The second-order valence-corrected chi connectivity index (χ2v) is 7.37. The van der Waals surface area contributed by atoms with E-state index in [4.69, 9.17) is 0 Å². The summed E-state index contributed by atoms with van der Waals surface area (Å²) in [6, 6.07) is 11.6. The van der Waals surface area contributed by atoms with Crippen LogP contribution in [-0.2, 0) is 13.1 Å². The largest absolute Gasteiger partial charge is 0.348 e. The van der Waals surface area contributed by atoms with Gasteiger partial charge in [-0.25, -0.2) is 0 Å². The number of benzene rings is 1. The van der Waals surface area contributed by atoms with Crippen LogP contribution in [0.4, 0.5) is 0 Å². The molecule has 1 aliphatic rings. The van der Waals surface area contributed by atoms with Crippen LogP contribution in [0.25, 0.3) is 0 Å². The van der Waals surface area contributed by atoms with E-state index in [0.717, 1.165) is 23.7 Å². The van der Waals surface area contributed by atoms with Crippen molar-refractivity contribution in [1.82, 2.24) is 15.2 Å². The van der Waals surface area contributed by atoms with Gasteiger partial charge < -0.3 is 10.3 Å². The summed E-state index contributed by atoms with van der Waals surface area (Å²) in [4.78, 5) is 29.2. The lowest BCUT2D eigenvalue weighted by Crippen LogP contribution is -2.33. The zero-order chi connectivity index (χ0) is 18.5. The van der Waals surface area contributed by atoms with Crippen LogP contribution in [0.15, 0.2) is 41.2 Å². The second kappa shape index (κ2) is 8.32. The molecule has 0 spiro atoms. The van der Waals surface area contributed by atoms with Crippen molar-refractivity contribution < 1.29 is 4.79 Å². The average molecular weight is 353 g/mol. The Morgan fingerprint density at radius 1 is 1.19 bits per heavy atom. The molecule has 1 amide bonds. The third-order valence-electron chi connectivity index (χ3n) is 4.92. The van der Waals surface area contributed by atoms with E-state index >= 15 is 0 Å². The number of nitrogens with one attached hydrogen (secondary N) is 2. The van der Waals surface area contributed by atoms with E-state index in [0.29, 0.717) is 6.54 Å². The third kappa shape index (κ3) is 4.82. The zero-order valence-corrected chi connectivity index (χ0v) is 15.5. The minimum absolute atomic E-state index is 0.145.